The highest BCUT2D eigenvalue weighted by molar-refractivity contribution is 7.98. The van der Waals surface area contributed by atoms with Crippen LogP contribution in [0.15, 0.2) is 0 Å². The first kappa shape index (κ1) is 29.5. The number of nitrogens with two attached hydrogens (primary N) is 3. The third-order valence-corrected chi connectivity index (χ3v) is 5.12. The summed E-state index contributed by atoms with van der Waals surface area (Å²) in [5.74, 6) is -4.92. The number of hydrogen-bond acceptors (Lipinski definition) is 9. The average Bonchev–Trinajstić information content (AvgIpc) is 2.70. The van der Waals surface area contributed by atoms with Gasteiger partial charge < -0.3 is 38.3 Å². The molecule has 0 aromatic rings. The number of primary amides is 2. The number of thioether (sulfide) groups is 1. The summed E-state index contributed by atoms with van der Waals surface area (Å²) in [4.78, 5) is 70.4. The first-order valence-electron chi connectivity index (χ1n) is 9.48. The summed E-state index contributed by atoms with van der Waals surface area (Å²) < 4.78 is 0. The van der Waals surface area contributed by atoms with Crippen molar-refractivity contribution in [3.05, 3.63) is 0 Å². The smallest absolute Gasteiger partial charge is 0.326 e. The molecule has 5 amide bonds. The number of amides is 5. The van der Waals surface area contributed by atoms with Gasteiger partial charge in [-0.1, -0.05) is 0 Å². The van der Waals surface area contributed by atoms with Crippen molar-refractivity contribution in [2.75, 3.05) is 17.8 Å². The van der Waals surface area contributed by atoms with Gasteiger partial charge in [-0.25, -0.2) is 4.79 Å². The molecule has 0 rings (SSSR count). The van der Waals surface area contributed by atoms with Crippen LogP contribution in [0.3, 0.4) is 0 Å². The van der Waals surface area contributed by atoms with Crippen LogP contribution in [0.5, 0.6) is 0 Å². The van der Waals surface area contributed by atoms with Gasteiger partial charge in [-0.3, -0.25) is 24.0 Å². The molecule has 0 aromatic carbocycles. The Kier molecular flexibility index (Phi) is 14.1. The van der Waals surface area contributed by atoms with E-state index in [1.54, 1.807) is 6.26 Å². The Labute approximate surface area is 194 Å². The molecule has 0 bridgehead atoms. The topological polar surface area (TPSA) is 237 Å². The zero-order valence-electron chi connectivity index (χ0n) is 17.5. The van der Waals surface area contributed by atoms with Crippen LogP contribution in [-0.4, -0.2) is 82.5 Å². The van der Waals surface area contributed by atoms with E-state index in [4.69, 9.17) is 17.2 Å². The van der Waals surface area contributed by atoms with E-state index in [1.807, 2.05) is 0 Å². The first-order chi connectivity index (χ1) is 14.9. The number of rotatable bonds is 16. The van der Waals surface area contributed by atoms with E-state index < -0.39 is 66.1 Å². The Balaban J connectivity index is 5.20. The van der Waals surface area contributed by atoms with Crippen molar-refractivity contribution < 1.29 is 33.9 Å². The van der Waals surface area contributed by atoms with Crippen LogP contribution in [0.1, 0.15) is 25.7 Å². The summed E-state index contributed by atoms with van der Waals surface area (Å²) in [6.07, 6.45) is 1.08. The fourth-order valence-electron chi connectivity index (χ4n) is 2.38. The van der Waals surface area contributed by atoms with E-state index in [9.17, 15) is 33.9 Å². The van der Waals surface area contributed by atoms with Gasteiger partial charge in [0.2, 0.25) is 29.5 Å². The highest BCUT2D eigenvalue weighted by atomic mass is 32.2. The molecule has 0 aliphatic carbocycles. The van der Waals surface area contributed by atoms with Crippen LogP contribution in [-0.2, 0) is 28.8 Å². The quantitative estimate of drug-likeness (QED) is 0.1000. The standard InChI is InChI=1S/C17H30N6O7S2/c1-32-5-4-9(21-14(26)8(18)6-13(20)25)15(27)23-11(7-31)16(28)22-10(17(29)30)2-3-12(19)24/h8-11,31H,2-7,18H2,1H3,(H2,19,24)(H2,20,25)(H,21,26)(H,22,28)(H,23,27)(H,29,30). The van der Waals surface area contributed by atoms with Gasteiger partial charge in [-0.2, -0.15) is 24.4 Å². The molecule has 32 heavy (non-hydrogen) atoms. The molecule has 0 saturated heterocycles. The highest BCUT2D eigenvalue weighted by Gasteiger charge is 2.30. The minimum Gasteiger partial charge on any atom is -0.480 e. The van der Waals surface area contributed by atoms with Crippen molar-refractivity contribution in [1.29, 1.82) is 0 Å². The minimum absolute atomic E-state index is 0.176. The Hall–Kier alpha value is -2.52. The molecule has 0 fully saturated rings. The van der Waals surface area contributed by atoms with Gasteiger partial charge in [0.05, 0.1) is 12.5 Å². The van der Waals surface area contributed by atoms with E-state index >= 15 is 0 Å². The molecule has 0 aliphatic heterocycles. The molecule has 0 spiro atoms. The van der Waals surface area contributed by atoms with Gasteiger partial charge in [-0.05, 0) is 24.9 Å². The van der Waals surface area contributed by atoms with Gasteiger partial charge in [0.1, 0.15) is 18.1 Å². The molecule has 0 heterocycles. The second kappa shape index (κ2) is 15.3. The van der Waals surface area contributed by atoms with E-state index in [1.165, 1.54) is 11.8 Å². The lowest BCUT2D eigenvalue weighted by molar-refractivity contribution is -0.142. The van der Waals surface area contributed by atoms with E-state index in [2.05, 4.69) is 28.6 Å². The van der Waals surface area contributed by atoms with E-state index in [-0.39, 0.29) is 25.0 Å². The van der Waals surface area contributed by atoms with Crippen LogP contribution in [0.25, 0.3) is 0 Å². The third kappa shape index (κ3) is 11.8. The molecule has 0 radical (unpaired) electrons. The summed E-state index contributed by atoms with van der Waals surface area (Å²) in [7, 11) is 0. The number of nitrogens with one attached hydrogen (secondary N) is 3. The lowest BCUT2D eigenvalue weighted by Gasteiger charge is -2.24. The zero-order chi connectivity index (χ0) is 24.8. The highest BCUT2D eigenvalue weighted by Crippen LogP contribution is 2.04. The van der Waals surface area contributed by atoms with Crippen LogP contribution >= 0.6 is 24.4 Å². The molecule has 15 heteroatoms. The van der Waals surface area contributed by atoms with Crippen molar-refractivity contribution in [2.45, 2.75) is 49.9 Å². The number of thiol groups is 1. The van der Waals surface area contributed by atoms with Crippen molar-refractivity contribution in [1.82, 2.24) is 16.0 Å². The van der Waals surface area contributed by atoms with Gasteiger partial charge in [0.15, 0.2) is 0 Å². The maximum absolute atomic E-state index is 12.7. The molecular formula is C17H30N6O7S2. The average molecular weight is 495 g/mol. The van der Waals surface area contributed by atoms with Gasteiger partial charge in [0.25, 0.3) is 0 Å². The lowest BCUT2D eigenvalue weighted by Crippen LogP contribution is -2.58. The van der Waals surface area contributed by atoms with Crippen molar-refractivity contribution >= 4 is 59.9 Å². The number of hydrogen-bond donors (Lipinski definition) is 8. The normalized spacial score (nSPS) is 14.3. The monoisotopic (exact) mass is 494 g/mol. The van der Waals surface area contributed by atoms with Gasteiger partial charge in [-0.15, -0.1) is 0 Å². The van der Waals surface area contributed by atoms with Crippen molar-refractivity contribution in [2.24, 2.45) is 17.2 Å². The predicted octanol–water partition coefficient (Wildman–Crippen LogP) is -3.32. The molecule has 4 atom stereocenters. The SMILES string of the molecule is CSCCC(NC(=O)C(N)CC(N)=O)C(=O)NC(CS)C(=O)NC(CCC(N)=O)C(=O)O. The molecule has 13 nitrogen and oxygen atoms in total. The largest absolute Gasteiger partial charge is 0.480 e. The molecule has 182 valence electrons. The summed E-state index contributed by atoms with van der Waals surface area (Å²) >= 11 is 5.42. The van der Waals surface area contributed by atoms with Crippen LogP contribution in [0, 0.1) is 0 Å². The summed E-state index contributed by atoms with van der Waals surface area (Å²) in [6.45, 7) is 0. The number of carbonyl (C=O) groups excluding carboxylic acids is 5. The molecule has 10 N–H and O–H groups in total. The summed E-state index contributed by atoms with van der Waals surface area (Å²) in [5, 5.41) is 16.2. The minimum atomic E-state index is -1.40. The number of carboxylic acid groups (broad SMARTS) is 1. The fraction of sp³-hybridized carbons (Fsp3) is 0.647. The molecular weight excluding hydrogens is 464 g/mol. The van der Waals surface area contributed by atoms with Crippen molar-refractivity contribution in [3.63, 3.8) is 0 Å². The molecule has 4 unspecified atom stereocenters. The van der Waals surface area contributed by atoms with Crippen LogP contribution in [0.4, 0.5) is 0 Å². The maximum Gasteiger partial charge on any atom is 0.326 e. The van der Waals surface area contributed by atoms with E-state index in [0.717, 1.165) is 0 Å². The predicted molar refractivity (Wildman–Crippen MR) is 120 cm³/mol. The number of aliphatic carboxylic acids is 1. The maximum atomic E-state index is 12.7. The number of carboxylic acids is 1. The Morgan fingerprint density at radius 1 is 0.875 bits per heavy atom. The van der Waals surface area contributed by atoms with Crippen LogP contribution in [0.2, 0.25) is 0 Å². The second-order valence-corrected chi connectivity index (χ2v) is 8.12. The Morgan fingerprint density at radius 2 is 1.41 bits per heavy atom. The number of carbonyl (C=O) groups is 6. The lowest BCUT2D eigenvalue weighted by atomic mass is 10.1. The van der Waals surface area contributed by atoms with Gasteiger partial charge in [0, 0.05) is 12.2 Å². The summed E-state index contributed by atoms with van der Waals surface area (Å²) in [5.41, 5.74) is 15.6. The van der Waals surface area contributed by atoms with Crippen LogP contribution < -0.4 is 33.2 Å². The Morgan fingerprint density at radius 3 is 1.88 bits per heavy atom. The van der Waals surface area contributed by atoms with Gasteiger partial charge >= 0.3 is 5.97 Å². The fourth-order valence-corrected chi connectivity index (χ4v) is 3.10. The Bertz CT molecular complexity index is 709. The summed E-state index contributed by atoms with van der Waals surface area (Å²) in [6, 6.07) is -4.95. The third-order valence-electron chi connectivity index (χ3n) is 4.11. The molecule has 0 saturated carbocycles. The van der Waals surface area contributed by atoms with E-state index in [0.29, 0.717) is 5.75 Å². The van der Waals surface area contributed by atoms with Crippen molar-refractivity contribution in [3.8, 4) is 0 Å². The first-order valence-corrected chi connectivity index (χ1v) is 11.5. The second-order valence-electron chi connectivity index (χ2n) is 6.77. The zero-order valence-corrected chi connectivity index (χ0v) is 19.2. The molecule has 0 aliphatic rings. The molecule has 0 aromatic heterocycles.